The molecule has 2 aromatic heterocycles. The van der Waals surface area contributed by atoms with Crippen molar-refractivity contribution < 1.29 is 14.3 Å². The number of fused-ring (bicyclic) bond motifs is 2. The first-order chi connectivity index (χ1) is 16.6. The van der Waals surface area contributed by atoms with Crippen LogP contribution in [0.5, 0.6) is 0 Å². The van der Waals surface area contributed by atoms with Gasteiger partial charge in [-0.15, -0.1) is 11.3 Å². The molecule has 170 valence electrons. The molecule has 0 radical (unpaired) electrons. The minimum Gasteiger partial charge on any atom is -0.452 e. The third-order valence-electron chi connectivity index (χ3n) is 6.02. The van der Waals surface area contributed by atoms with Crippen molar-refractivity contribution in [1.82, 2.24) is 10.3 Å². The van der Waals surface area contributed by atoms with E-state index < -0.39 is 5.97 Å². The van der Waals surface area contributed by atoms with Gasteiger partial charge < -0.3 is 10.1 Å². The second kappa shape index (κ2) is 9.61. The lowest BCUT2D eigenvalue weighted by Gasteiger charge is -2.15. The molecule has 1 atom stereocenters. The second-order valence-corrected chi connectivity index (χ2v) is 9.27. The first kappa shape index (κ1) is 22.0. The van der Waals surface area contributed by atoms with Gasteiger partial charge in [0.15, 0.2) is 6.61 Å². The molecule has 1 amide bonds. The van der Waals surface area contributed by atoms with Gasteiger partial charge in [-0.2, -0.15) is 0 Å². The van der Waals surface area contributed by atoms with E-state index in [0.29, 0.717) is 12.0 Å². The van der Waals surface area contributed by atoms with Crippen molar-refractivity contribution in [3.8, 4) is 0 Å². The van der Waals surface area contributed by atoms with Gasteiger partial charge in [-0.3, -0.25) is 4.79 Å². The van der Waals surface area contributed by atoms with Gasteiger partial charge in [0.1, 0.15) is 0 Å². The highest BCUT2D eigenvalue weighted by atomic mass is 32.1. The van der Waals surface area contributed by atoms with Crippen molar-refractivity contribution >= 4 is 45.8 Å². The zero-order valence-electron chi connectivity index (χ0n) is 18.8. The number of thiophene rings is 1. The fourth-order valence-corrected chi connectivity index (χ4v) is 5.05. The molecule has 6 heteroatoms. The molecular weight excluding hydrogens is 444 g/mol. The predicted molar refractivity (Wildman–Crippen MR) is 136 cm³/mol. The lowest BCUT2D eigenvalue weighted by Crippen LogP contribution is -2.31. The number of ether oxygens (including phenoxy) is 1. The maximum absolute atomic E-state index is 13.3. The number of esters is 1. The molecule has 34 heavy (non-hydrogen) atoms. The number of pyridine rings is 1. The van der Waals surface area contributed by atoms with Crippen molar-refractivity contribution in [2.24, 2.45) is 0 Å². The van der Waals surface area contributed by atoms with E-state index in [9.17, 15) is 9.59 Å². The van der Waals surface area contributed by atoms with Crippen LogP contribution in [0.15, 0.2) is 72.1 Å². The molecule has 1 aliphatic carbocycles. The summed E-state index contributed by atoms with van der Waals surface area (Å²) in [4.78, 5) is 31.8. The quantitative estimate of drug-likeness (QED) is 0.362. The van der Waals surface area contributed by atoms with Gasteiger partial charge in [0, 0.05) is 10.3 Å². The Labute approximate surface area is 202 Å². The zero-order valence-corrected chi connectivity index (χ0v) is 19.6. The summed E-state index contributed by atoms with van der Waals surface area (Å²) in [5, 5.41) is 5.68. The first-order valence-corrected chi connectivity index (χ1v) is 12.2. The number of benzene rings is 2. The monoisotopic (exact) mass is 468 g/mol. The van der Waals surface area contributed by atoms with E-state index in [2.05, 4.69) is 17.5 Å². The Kier molecular flexibility index (Phi) is 6.23. The highest BCUT2D eigenvalue weighted by Gasteiger charge is 2.28. The van der Waals surface area contributed by atoms with Gasteiger partial charge in [0.25, 0.3) is 5.91 Å². The van der Waals surface area contributed by atoms with Gasteiger partial charge in [-0.1, -0.05) is 54.6 Å². The Morgan fingerprint density at radius 1 is 1.06 bits per heavy atom. The second-order valence-electron chi connectivity index (χ2n) is 8.29. The summed E-state index contributed by atoms with van der Waals surface area (Å²) in [6, 6.07) is 21.2. The fourth-order valence-electron chi connectivity index (χ4n) is 4.37. The van der Waals surface area contributed by atoms with Crippen LogP contribution in [-0.4, -0.2) is 23.5 Å². The van der Waals surface area contributed by atoms with Crippen molar-refractivity contribution in [1.29, 1.82) is 0 Å². The molecule has 4 aromatic rings. The number of allylic oxidation sites excluding steroid dienone is 1. The highest BCUT2D eigenvalue weighted by Crippen LogP contribution is 2.38. The number of rotatable bonds is 6. The molecule has 5 rings (SSSR count). The molecule has 0 saturated heterocycles. The maximum Gasteiger partial charge on any atom is 0.339 e. The third kappa shape index (κ3) is 4.50. The lowest BCUT2D eigenvalue weighted by molar-refractivity contribution is -0.124. The molecule has 1 N–H and O–H groups in total. The third-order valence-corrected chi connectivity index (χ3v) is 6.84. The standard InChI is InChI=1S/C28H24N2O3S/c1-18(19-8-3-2-4-9-19)29-25(31)17-33-28(32)26-22-11-5-6-12-24(22)30-27-20(13-14-23(26)27)16-21-10-7-15-34-21/h2-12,15-16,18H,13-14,17H2,1H3,(H,29,31)/b20-16-/t18-/m1/s1. The average molecular weight is 469 g/mol. The van der Waals surface area contributed by atoms with Crippen LogP contribution in [0.3, 0.4) is 0 Å². The molecule has 0 spiro atoms. The summed E-state index contributed by atoms with van der Waals surface area (Å²) >= 11 is 1.67. The minimum absolute atomic E-state index is 0.177. The number of aromatic nitrogens is 1. The molecule has 0 saturated carbocycles. The molecule has 2 aromatic carbocycles. The van der Waals surface area contributed by atoms with Crippen LogP contribution >= 0.6 is 11.3 Å². The van der Waals surface area contributed by atoms with E-state index in [0.717, 1.165) is 44.6 Å². The van der Waals surface area contributed by atoms with Crippen molar-refractivity contribution in [3.05, 3.63) is 99.4 Å². The van der Waals surface area contributed by atoms with Crippen LogP contribution in [0.4, 0.5) is 0 Å². The molecule has 0 bridgehead atoms. The number of carbonyl (C=O) groups excluding carboxylic acids is 2. The summed E-state index contributed by atoms with van der Waals surface area (Å²) in [7, 11) is 0. The van der Waals surface area contributed by atoms with Crippen LogP contribution in [0.1, 0.15) is 51.4 Å². The number of hydrogen-bond donors (Lipinski definition) is 1. The lowest BCUT2D eigenvalue weighted by atomic mass is 10.0. The summed E-state index contributed by atoms with van der Waals surface area (Å²) in [5.41, 5.74) is 5.11. The van der Waals surface area contributed by atoms with E-state index in [1.165, 1.54) is 0 Å². The van der Waals surface area contributed by atoms with Gasteiger partial charge in [0.05, 0.1) is 22.8 Å². The highest BCUT2D eigenvalue weighted by molar-refractivity contribution is 7.10. The molecule has 1 aliphatic rings. The normalized spacial score (nSPS) is 14.7. The van der Waals surface area contributed by atoms with Gasteiger partial charge in [-0.05, 0) is 60.1 Å². The Bertz CT molecular complexity index is 1380. The first-order valence-electron chi connectivity index (χ1n) is 11.3. The van der Waals surface area contributed by atoms with Gasteiger partial charge >= 0.3 is 5.97 Å². The van der Waals surface area contributed by atoms with E-state index >= 15 is 0 Å². The Hall–Kier alpha value is -3.77. The van der Waals surface area contributed by atoms with Crippen LogP contribution in [0.25, 0.3) is 22.6 Å². The minimum atomic E-state index is -0.491. The van der Waals surface area contributed by atoms with Crippen LogP contribution in [0, 0.1) is 0 Å². The summed E-state index contributed by atoms with van der Waals surface area (Å²) < 4.78 is 5.50. The predicted octanol–water partition coefficient (Wildman–Crippen LogP) is 5.82. The average Bonchev–Trinajstić information content (AvgIpc) is 3.52. The fraction of sp³-hybridized carbons (Fsp3) is 0.179. The van der Waals surface area contributed by atoms with Crippen molar-refractivity contribution in [2.45, 2.75) is 25.8 Å². The van der Waals surface area contributed by atoms with E-state index in [1.54, 1.807) is 11.3 Å². The van der Waals surface area contributed by atoms with Crippen molar-refractivity contribution in [2.75, 3.05) is 6.61 Å². The topological polar surface area (TPSA) is 68.3 Å². The number of hydrogen-bond acceptors (Lipinski definition) is 5. The molecular formula is C28H24N2O3S. The van der Waals surface area contributed by atoms with Crippen LogP contribution in [-0.2, 0) is 16.0 Å². The molecule has 2 heterocycles. The van der Waals surface area contributed by atoms with Gasteiger partial charge in [0.2, 0.25) is 0 Å². The molecule has 5 nitrogen and oxygen atoms in total. The number of para-hydroxylation sites is 1. The zero-order chi connectivity index (χ0) is 23.5. The summed E-state index contributed by atoms with van der Waals surface area (Å²) in [6.45, 7) is 1.57. The Morgan fingerprint density at radius 3 is 2.65 bits per heavy atom. The van der Waals surface area contributed by atoms with E-state index in [-0.39, 0.29) is 18.6 Å². The smallest absolute Gasteiger partial charge is 0.339 e. The molecule has 0 fully saturated rings. The molecule has 0 aliphatic heterocycles. The van der Waals surface area contributed by atoms with E-state index in [1.807, 2.05) is 73.0 Å². The van der Waals surface area contributed by atoms with Crippen LogP contribution in [0.2, 0.25) is 0 Å². The summed E-state index contributed by atoms with van der Waals surface area (Å²) in [5.74, 6) is -0.826. The Balaban J connectivity index is 1.39. The Morgan fingerprint density at radius 2 is 1.85 bits per heavy atom. The van der Waals surface area contributed by atoms with Gasteiger partial charge in [-0.25, -0.2) is 9.78 Å². The number of nitrogens with zero attached hydrogens (tertiary/aromatic N) is 1. The number of carbonyl (C=O) groups is 2. The number of amides is 1. The maximum atomic E-state index is 13.3. The number of nitrogens with one attached hydrogen (secondary N) is 1. The van der Waals surface area contributed by atoms with E-state index in [4.69, 9.17) is 9.72 Å². The summed E-state index contributed by atoms with van der Waals surface area (Å²) in [6.07, 6.45) is 3.67. The molecule has 0 unspecified atom stereocenters. The van der Waals surface area contributed by atoms with Crippen LogP contribution < -0.4 is 5.32 Å². The largest absolute Gasteiger partial charge is 0.452 e. The van der Waals surface area contributed by atoms with Crippen molar-refractivity contribution in [3.63, 3.8) is 0 Å². The SMILES string of the molecule is C[C@@H](NC(=O)COC(=O)c1c2c(nc3ccccc13)/C(=C\c1cccs1)CC2)c1ccccc1.